The second kappa shape index (κ2) is 7.69. The number of nitrogens with one attached hydrogen (secondary N) is 2. The number of carbonyl (C=O) groups is 1. The summed E-state index contributed by atoms with van der Waals surface area (Å²) < 4.78 is 5.54. The highest BCUT2D eigenvalue weighted by molar-refractivity contribution is 5.92. The molecule has 120 valence electrons. The molecule has 6 nitrogen and oxygen atoms in total. The van der Waals surface area contributed by atoms with Gasteiger partial charge in [0, 0.05) is 19.7 Å². The highest BCUT2D eigenvalue weighted by atomic mass is 16.5. The van der Waals surface area contributed by atoms with E-state index in [1.807, 2.05) is 30.3 Å². The summed E-state index contributed by atoms with van der Waals surface area (Å²) in [5.74, 6) is 0.423. The van der Waals surface area contributed by atoms with Crippen molar-refractivity contribution < 1.29 is 9.53 Å². The molecule has 1 saturated heterocycles. The lowest BCUT2D eigenvalue weighted by Gasteiger charge is -2.10. The van der Waals surface area contributed by atoms with Crippen LogP contribution >= 0.6 is 0 Å². The molecule has 1 unspecified atom stereocenters. The van der Waals surface area contributed by atoms with Crippen molar-refractivity contribution in [3.63, 3.8) is 0 Å². The summed E-state index contributed by atoms with van der Waals surface area (Å²) in [6.45, 7) is 2.02. The third kappa shape index (κ3) is 4.50. The van der Waals surface area contributed by atoms with Gasteiger partial charge in [0.2, 0.25) is 0 Å². The van der Waals surface area contributed by atoms with Crippen molar-refractivity contribution in [3.8, 4) is 0 Å². The Hall–Kier alpha value is -2.47. The van der Waals surface area contributed by atoms with Crippen LogP contribution in [0, 0.1) is 0 Å². The van der Waals surface area contributed by atoms with E-state index >= 15 is 0 Å². The van der Waals surface area contributed by atoms with Gasteiger partial charge in [-0.25, -0.2) is 0 Å². The van der Waals surface area contributed by atoms with E-state index in [0.29, 0.717) is 24.6 Å². The summed E-state index contributed by atoms with van der Waals surface area (Å²) in [5.41, 5.74) is 1.35. The maximum absolute atomic E-state index is 12.0. The van der Waals surface area contributed by atoms with Crippen LogP contribution in [0.2, 0.25) is 0 Å². The van der Waals surface area contributed by atoms with Crippen LogP contribution in [-0.4, -0.2) is 35.4 Å². The Morgan fingerprint density at radius 1 is 1.17 bits per heavy atom. The predicted molar refractivity (Wildman–Crippen MR) is 87.1 cm³/mol. The van der Waals surface area contributed by atoms with Crippen LogP contribution in [-0.2, 0) is 11.3 Å². The smallest absolute Gasteiger partial charge is 0.272 e. The molecule has 0 aliphatic carbocycles. The number of hydrogen-bond donors (Lipinski definition) is 2. The van der Waals surface area contributed by atoms with Crippen LogP contribution in [0.3, 0.4) is 0 Å². The van der Waals surface area contributed by atoms with Gasteiger partial charge >= 0.3 is 0 Å². The highest BCUT2D eigenvalue weighted by Crippen LogP contribution is 2.12. The maximum atomic E-state index is 12.0. The van der Waals surface area contributed by atoms with E-state index in [0.717, 1.165) is 25.0 Å². The minimum absolute atomic E-state index is 0.230. The fourth-order valence-corrected chi connectivity index (χ4v) is 2.44. The summed E-state index contributed by atoms with van der Waals surface area (Å²) >= 11 is 0. The number of amides is 1. The van der Waals surface area contributed by atoms with Gasteiger partial charge in [0.1, 0.15) is 5.82 Å². The Labute approximate surface area is 135 Å². The largest absolute Gasteiger partial charge is 0.376 e. The topological polar surface area (TPSA) is 76.1 Å². The average Bonchev–Trinajstić information content (AvgIpc) is 3.13. The SMILES string of the molecule is O=C(NCc1ccccc1)c1ccc(NCC2CCCO2)nn1. The first-order chi connectivity index (χ1) is 11.3. The number of ether oxygens (including phenoxy) is 1. The van der Waals surface area contributed by atoms with Crippen molar-refractivity contribution in [2.24, 2.45) is 0 Å². The minimum atomic E-state index is -0.230. The molecule has 3 rings (SSSR count). The number of hydrogen-bond acceptors (Lipinski definition) is 5. The molecule has 2 heterocycles. The lowest BCUT2D eigenvalue weighted by molar-refractivity contribution is 0.0945. The quantitative estimate of drug-likeness (QED) is 0.853. The second-order valence-corrected chi connectivity index (χ2v) is 5.49. The molecule has 23 heavy (non-hydrogen) atoms. The molecular formula is C17H20N4O2. The van der Waals surface area contributed by atoms with Gasteiger partial charge in [-0.05, 0) is 30.5 Å². The van der Waals surface area contributed by atoms with Gasteiger partial charge in [0.15, 0.2) is 5.69 Å². The zero-order valence-corrected chi connectivity index (χ0v) is 12.9. The maximum Gasteiger partial charge on any atom is 0.272 e. The first kappa shape index (κ1) is 15.4. The molecule has 1 amide bonds. The molecule has 0 radical (unpaired) electrons. The van der Waals surface area contributed by atoms with Crippen LogP contribution in [0.1, 0.15) is 28.9 Å². The van der Waals surface area contributed by atoms with Crippen molar-refractivity contribution in [3.05, 3.63) is 53.7 Å². The standard InChI is InChI=1S/C17H20N4O2/c22-17(19-11-13-5-2-1-3-6-13)15-8-9-16(21-20-15)18-12-14-7-4-10-23-14/h1-3,5-6,8-9,14H,4,7,10-12H2,(H,18,21)(H,19,22). The summed E-state index contributed by atoms with van der Waals surface area (Å²) in [6.07, 6.45) is 2.42. The average molecular weight is 312 g/mol. The Bertz CT molecular complexity index is 625. The summed E-state index contributed by atoms with van der Waals surface area (Å²) in [6, 6.07) is 13.2. The monoisotopic (exact) mass is 312 g/mol. The molecule has 1 aromatic heterocycles. The molecule has 2 N–H and O–H groups in total. The van der Waals surface area contributed by atoms with Crippen molar-refractivity contribution in [1.82, 2.24) is 15.5 Å². The molecule has 1 aromatic carbocycles. The molecule has 0 spiro atoms. The first-order valence-corrected chi connectivity index (χ1v) is 7.82. The van der Waals surface area contributed by atoms with Crippen LogP contribution in [0.15, 0.2) is 42.5 Å². The summed E-state index contributed by atoms with van der Waals surface area (Å²) in [7, 11) is 0. The van der Waals surface area contributed by atoms with Gasteiger partial charge in [0.25, 0.3) is 5.91 Å². The zero-order chi connectivity index (χ0) is 15.9. The van der Waals surface area contributed by atoms with Crippen molar-refractivity contribution in [2.45, 2.75) is 25.5 Å². The molecule has 0 saturated carbocycles. The lowest BCUT2D eigenvalue weighted by Crippen LogP contribution is -2.24. The number of aromatic nitrogens is 2. The molecule has 2 aromatic rings. The van der Waals surface area contributed by atoms with E-state index < -0.39 is 0 Å². The molecule has 6 heteroatoms. The highest BCUT2D eigenvalue weighted by Gasteiger charge is 2.15. The molecule has 1 aliphatic heterocycles. The van der Waals surface area contributed by atoms with Gasteiger partial charge in [0.05, 0.1) is 6.10 Å². The molecular weight excluding hydrogens is 292 g/mol. The van der Waals surface area contributed by atoms with Gasteiger partial charge in [-0.3, -0.25) is 4.79 Å². The first-order valence-electron chi connectivity index (χ1n) is 7.82. The van der Waals surface area contributed by atoms with E-state index in [1.165, 1.54) is 0 Å². The van der Waals surface area contributed by atoms with Crippen molar-refractivity contribution >= 4 is 11.7 Å². The van der Waals surface area contributed by atoms with Gasteiger partial charge in [-0.1, -0.05) is 30.3 Å². The van der Waals surface area contributed by atoms with E-state index in [4.69, 9.17) is 4.74 Å². The minimum Gasteiger partial charge on any atom is -0.376 e. The van der Waals surface area contributed by atoms with Crippen molar-refractivity contribution in [1.29, 1.82) is 0 Å². The van der Waals surface area contributed by atoms with E-state index in [2.05, 4.69) is 20.8 Å². The van der Waals surface area contributed by atoms with Crippen LogP contribution in [0.4, 0.5) is 5.82 Å². The van der Waals surface area contributed by atoms with Crippen LogP contribution in [0.5, 0.6) is 0 Å². The van der Waals surface area contributed by atoms with E-state index in [-0.39, 0.29) is 12.0 Å². The third-order valence-corrected chi connectivity index (χ3v) is 3.73. The number of rotatable bonds is 6. The van der Waals surface area contributed by atoms with E-state index in [9.17, 15) is 4.79 Å². The summed E-state index contributed by atoms with van der Waals surface area (Å²) in [4.78, 5) is 12.0. The Balaban J connectivity index is 1.48. The predicted octanol–water partition coefficient (Wildman–Crippen LogP) is 2.00. The Morgan fingerprint density at radius 2 is 2.04 bits per heavy atom. The van der Waals surface area contributed by atoms with Crippen LogP contribution in [0.25, 0.3) is 0 Å². The number of anilines is 1. The van der Waals surface area contributed by atoms with E-state index in [1.54, 1.807) is 12.1 Å². The third-order valence-electron chi connectivity index (χ3n) is 3.73. The van der Waals surface area contributed by atoms with Gasteiger partial charge in [-0.2, -0.15) is 0 Å². The van der Waals surface area contributed by atoms with Crippen LogP contribution < -0.4 is 10.6 Å². The fourth-order valence-electron chi connectivity index (χ4n) is 2.44. The van der Waals surface area contributed by atoms with Gasteiger partial charge < -0.3 is 15.4 Å². The summed E-state index contributed by atoms with van der Waals surface area (Å²) in [5, 5.41) is 14.0. The molecule has 0 bridgehead atoms. The number of carbonyl (C=O) groups excluding carboxylic acids is 1. The normalized spacial score (nSPS) is 17.0. The second-order valence-electron chi connectivity index (χ2n) is 5.49. The number of nitrogens with zero attached hydrogens (tertiary/aromatic N) is 2. The zero-order valence-electron chi connectivity index (χ0n) is 12.9. The fraction of sp³-hybridized carbons (Fsp3) is 0.353. The van der Waals surface area contributed by atoms with Gasteiger partial charge in [-0.15, -0.1) is 10.2 Å². The number of benzene rings is 1. The Kier molecular flexibility index (Phi) is 5.16. The molecule has 1 aliphatic rings. The molecule has 1 fully saturated rings. The molecule has 1 atom stereocenters. The lowest BCUT2D eigenvalue weighted by atomic mass is 10.2. The Morgan fingerprint density at radius 3 is 2.74 bits per heavy atom. The van der Waals surface area contributed by atoms with Crippen molar-refractivity contribution in [2.75, 3.05) is 18.5 Å².